The number of carboxylic acids is 1. The number of nitrogens with two attached hydrogens (primary N) is 1. The van der Waals surface area contributed by atoms with Crippen molar-refractivity contribution < 1.29 is 33.8 Å². The first-order valence-electron chi connectivity index (χ1n) is 9.66. The number of fused-ring (bicyclic) bond motifs is 1. The Morgan fingerprint density at radius 2 is 1.74 bits per heavy atom. The Balaban J connectivity index is 1.67. The Kier molecular flexibility index (Phi) is 6.99. The van der Waals surface area contributed by atoms with Crippen molar-refractivity contribution in [3.63, 3.8) is 0 Å². The van der Waals surface area contributed by atoms with Crippen LogP contribution in [0.4, 0.5) is 0 Å². The Labute approximate surface area is 178 Å². The fourth-order valence-electron chi connectivity index (χ4n) is 3.31. The molecule has 162 valence electrons. The van der Waals surface area contributed by atoms with Gasteiger partial charge in [-0.05, 0) is 24.1 Å². The number of ether oxygens (including phenoxy) is 2. The number of nitrogens with zero attached hydrogens (tertiary/aromatic N) is 1. The van der Waals surface area contributed by atoms with Crippen LogP contribution in [-0.2, 0) is 20.9 Å². The van der Waals surface area contributed by atoms with Crippen LogP contribution >= 0.6 is 0 Å². The van der Waals surface area contributed by atoms with Gasteiger partial charge in [-0.15, -0.1) is 0 Å². The van der Waals surface area contributed by atoms with Gasteiger partial charge in [0.05, 0.1) is 24.3 Å². The van der Waals surface area contributed by atoms with Crippen molar-refractivity contribution in [1.82, 2.24) is 4.90 Å². The summed E-state index contributed by atoms with van der Waals surface area (Å²) in [7, 11) is 0. The maximum atomic E-state index is 12.9. The SMILES string of the molecule is NC(=O)C(CCC(=O)O)N1C(=O)c2cccc(OCCOCc3ccccc3)c2C1=O. The molecule has 3 rings (SSSR count). The van der Waals surface area contributed by atoms with Gasteiger partial charge in [0.15, 0.2) is 0 Å². The molecular weight excluding hydrogens is 404 g/mol. The molecule has 1 aliphatic rings. The molecule has 0 fully saturated rings. The van der Waals surface area contributed by atoms with Crippen LogP contribution in [0.25, 0.3) is 0 Å². The quantitative estimate of drug-likeness (QED) is 0.411. The van der Waals surface area contributed by atoms with Crippen LogP contribution in [0.3, 0.4) is 0 Å². The fraction of sp³-hybridized carbons (Fsp3) is 0.273. The molecule has 1 aliphatic heterocycles. The van der Waals surface area contributed by atoms with E-state index in [0.717, 1.165) is 5.56 Å². The first-order chi connectivity index (χ1) is 14.9. The molecule has 3 N–H and O–H groups in total. The third-order valence-corrected chi connectivity index (χ3v) is 4.78. The van der Waals surface area contributed by atoms with Gasteiger partial charge in [-0.1, -0.05) is 36.4 Å². The summed E-state index contributed by atoms with van der Waals surface area (Å²) in [6.07, 6.45) is -0.678. The fourth-order valence-corrected chi connectivity index (χ4v) is 3.31. The van der Waals surface area contributed by atoms with Gasteiger partial charge in [0, 0.05) is 6.42 Å². The van der Waals surface area contributed by atoms with E-state index < -0.39 is 36.2 Å². The summed E-state index contributed by atoms with van der Waals surface area (Å²) >= 11 is 0. The molecule has 0 bridgehead atoms. The maximum absolute atomic E-state index is 12.9. The first-order valence-corrected chi connectivity index (χ1v) is 9.66. The van der Waals surface area contributed by atoms with E-state index in [0.29, 0.717) is 11.5 Å². The third-order valence-electron chi connectivity index (χ3n) is 4.78. The number of hydrogen-bond donors (Lipinski definition) is 2. The number of carboxylic acid groups (broad SMARTS) is 1. The van der Waals surface area contributed by atoms with Crippen LogP contribution in [0, 0.1) is 0 Å². The minimum Gasteiger partial charge on any atom is -0.490 e. The zero-order valence-electron chi connectivity index (χ0n) is 16.7. The highest BCUT2D eigenvalue weighted by Gasteiger charge is 2.43. The van der Waals surface area contributed by atoms with E-state index in [2.05, 4.69) is 0 Å². The number of hydrogen-bond acceptors (Lipinski definition) is 6. The van der Waals surface area contributed by atoms with Gasteiger partial charge in [0.2, 0.25) is 5.91 Å². The molecule has 0 spiro atoms. The van der Waals surface area contributed by atoms with Crippen molar-refractivity contribution in [2.45, 2.75) is 25.5 Å². The number of imide groups is 1. The van der Waals surface area contributed by atoms with Crippen molar-refractivity contribution in [3.8, 4) is 5.75 Å². The highest BCUT2D eigenvalue weighted by Crippen LogP contribution is 2.33. The number of rotatable bonds is 11. The maximum Gasteiger partial charge on any atom is 0.303 e. The van der Waals surface area contributed by atoms with Gasteiger partial charge in [-0.3, -0.25) is 24.1 Å². The highest BCUT2D eigenvalue weighted by atomic mass is 16.5. The minimum atomic E-state index is -1.36. The number of benzene rings is 2. The second-order valence-corrected chi connectivity index (χ2v) is 6.90. The molecule has 0 radical (unpaired) electrons. The van der Waals surface area contributed by atoms with Crippen molar-refractivity contribution in [1.29, 1.82) is 0 Å². The lowest BCUT2D eigenvalue weighted by Crippen LogP contribution is -2.48. The molecule has 3 amide bonds. The second-order valence-electron chi connectivity index (χ2n) is 6.90. The summed E-state index contributed by atoms with van der Waals surface area (Å²) in [4.78, 5) is 49.1. The molecular formula is C22H22N2O7. The predicted octanol–water partition coefficient (Wildman–Crippen LogP) is 1.60. The smallest absolute Gasteiger partial charge is 0.303 e. The van der Waals surface area contributed by atoms with Crippen molar-refractivity contribution in [2.75, 3.05) is 13.2 Å². The van der Waals surface area contributed by atoms with Crippen LogP contribution < -0.4 is 10.5 Å². The van der Waals surface area contributed by atoms with E-state index >= 15 is 0 Å². The van der Waals surface area contributed by atoms with E-state index in [1.807, 2.05) is 30.3 Å². The number of amides is 3. The molecule has 0 aromatic heterocycles. The normalized spacial score (nSPS) is 13.7. The molecule has 2 aromatic rings. The topological polar surface area (TPSA) is 136 Å². The molecule has 0 saturated heterocycles. The molecule has 0 saturated carbocycles. The Morgan fingerprint density at radius 1 is 1.00 bits per heavy atom. The zero-order valence-corrected chi connectivity index (χ0v) is 16.7. The second kappa shape index (κ2) is 9.86. The average Bonchev–Trinajstić information content (AvgIpc) is 3.00. The number of aliphatic carboxylic acids is 1. The van der Waals surface area contributed by atoms with Crippen molar-refractivity contribution in [3.05, 3.63) is 65.2 Å². The summed E-state index contributed by atoms with van der Waals surface area (Å²) in [5, 5.41) is 8.88. The molecule has 1 heterocycles. The Hall–Kier alpha value is -3.72. The van der Waals surface area contributed by atoms with Gasteiger partial charge in [0.25, 0.3) is 11.8 Å². The first kappa shape index (κ1) is 22.0. The van der Waals surface area contributed by atoms with Crippen LogP contribution in [0.15, 0.2) is 48.5 Å². The molecule has 1 atom stereocenters. The summed E-state index contributed by atoms with van der Waals surface area (Å²) in [5.41, 5.74) is 6.45. The Morgan fingerprint density at radius 3 is 2.42 bits per heavy atom. The largest absolute Gasteiger partial charge is 0.490 e. The summed E-state index contributed by atoms with van der Waals surface area (Å²) in [6, 6.07) is 12.8. The minimum absolute atomic E-state index is 0.0251. The van der Waals surface area contributed by atoms with Gasteiger partial charge in [-0.25, -0.2) is 0 Å². The van der Waals surface area contributed by atoms with E-state index in [4.69, 9.17) is 20.3 Å². The van der Waals surface area contributed by atoms with Crippen LogP contribution in [0.5, 0.6) is 5.75 Å². The standard InChI is InChI=1S/C22H22N2O7/c23-20(27)16(9-10-18(25)26)24-21(28)15-7-4-8-17(19(15)22(24)29)31-12-11-30-13-14-5-2-1-3-6-14/h1-8,16H,9-13H2,(H2,23,27)(H,25,26). The molecule has 9 nitrogen and oxygen atoms in total. The van der Waals surface area contributed by atoms with Gasteiger partial charge in [0.1, 0.15) is 18.4 Å². The Bertz CT molecular complexity index is 991. The lowest BCUT2D eigenvalue weighted by molar-refractivity contribution is -0.137. The third kappa shape index (κ3) is 5.07. The van der Waals surface area contributed by atoms with Crippen LogP contribution in [-0.4, -0.2) is 53.0 Å². The van der Waals surface area contributed by atoms with Gasteiger partial charge < -0.3 is 20.3 Å². The average molecular weight is 426 g/mol. The molecule has 0 aliphatic carbocycles. The van der Waals surface area contributed by atoms with E-state index in [-0.39, 0.29) is 36.5 Å². The molecule has 2 aromatic carbocycles. The molecule has 9 heteroatoms. The van der Waals surface area contributed by atoms with Crippen molar-refractivity contribution in [2.24, 2.45) is 5.73 Å². The summed E-state index contributed by atoms with van der Waals surface area (Å²) in [6.45, 7) is 0.808. The number of primary amides is 1. The predicted molar refractivity (Wildman–Crippen MR) is 108 cm³/mol. The van der Waals surface area contributed by atoms with E-state index in [1.54, 1.807) is 12.1 Å². The number of carbonyl (C=O) groups excluding carboxylic acids is 3. The highest BCUT2D eigenvalue weighted by molar-refractivity contribution is 6.24. The molecule has 1 unspecified atom stereocenters. The van der Waals surface area contributed by atoms with E-state index in [1.165, 1.54) is 6.07 Å². The lowest BCUT2D eigenvalue weighted by Gasteiger charge is -2.22. The monoisotopic (exact) mass is 426 g/mol. The van der Waals surface area contributed by atoms with E-state index in [9.17, 15) is 19.2 Å². The lowest BCUT2D eigenvalue weighted by atomic mass is 10.1. The van der Waals surface area contributed by atoms with Crippen LogP contribution in [0.2, 0.25) is 0 Å². The van der Waals surface area contributed by atoms with Gasteiger partial charge >= 0.3 is 5.97 Å². The van der Waals surface area contributed by atoms with Gasteiger partial charge in [-0.2, -0.15) is 0 Å². The zero-order chi connectivity index (χ0) is 22.4. The molecule has 31 heavy (non-hydrogen) atoms. The summed E-state index contributed by atoms with van der Waals surface area (Å²) < 4.78 is 11.2. The number of carbonyl (C=O) groups is 4. The van der Waals surface area contributed by atoms with Crippen molar-refractivity contribution >= 4 is 23.7 Å². The van der Waals surface area contributed by atoms with Crippen LogP contribution in [0.1, 0.15) is 39.1 Å². The summed E-state index contributed by atoms with van der Waals surface area (Å²) in [5.74, 6) is -3.38.